The third kappa shape index (κ3) is 2.75. The van der Waals surface area contributed by atoms with E-state index in [-0.39, 0.29) is 0 Å². The SMILES string of the molecule is c1cc(-n2c3ccccc3c3cnccc32)c2oc3ccc(-n4c5ccccc5c5ccccc54)cc3c2c1. The first kappa shape index (κ1) is 20.7. The average molecular weight is 500 g/mol. The molecule has 0 saturated carbocycles. The first-order chi connectivity index (χ1) is 19.4. The molecule has 9 aromatic rings. The van der Waals surface area contributed by atoms with E-state index in [4.69, 9.17) is 4.42 Å². The molecule has 0 unspecified atom stereocenters. The number of rotatable bonds is 2. The van der Waals surface area contributed by atoms with Gasteiger partial charge in [-0.05, 0) is 48.5 Å². The second kappa shape index (κ2) is 7.59. The Bertz CT molecular complexity index is 2300. The van der Waals surface area contributed by atoms with E-state index in [0.717, 1.165) is 49.7 Å². The zero-order chi connectivity index (χ0) is 25.5. The van der Waals surface area contributed by atoms with Gasteiger partial charge in [-0.15, -0.1) is 0 Å². The number of hydrogen-bond donors (Lipinski definition) is 0. The topological polar surface area (TPSA) is 35.9 Å². The molecule has 0 aliphatic rings. The normalized spacial score (nSPS) is 12.1. The summed E-state index contributed by atoms with van der Waals surface area (Å²) in [6.07, 6.45) is 3.80. The fourth-order valence-corrected chi connectivity index (χ4v) is 6.36. The molecule has 0 amide bonds. The Labute approximate surface area is 222 Å². The van der Waals surface area contributed by atoms with Gasteiger partial charge in [0.2, 0.25) is 0 Å². The second-order valence-corrected chi connectivity index (χ2v) is 10.1. The highest BCUT2D eigenvalue weighted by Gasteiger charge is 2.18. The monoisotopic (exact) mass is 499 g/mol. The maximum Gasteiger partial charge on any atom is 0.159 e. The Kier molecular flexibility index (Phi) is 4.02. The summed E-state index contributed by atoms with van der Waals surface area (Å²) in [6.45, 7) is 0. The Hall–Kier alpha value is -5.35. The molecule has 0 saturated heterocycles. The molecule has 4 nitrogen and oxygen atoms in total. The quantitative estimate of drug-likeness (QED) is 0.238. The lowest BCUT2D eigenvalue weighted by Gasteiger charge is -2.08. The fraction of sp³-hybridized carbons (Fsp3) is 0. The van der Waals surface area contributed by atoms with Crippen LogP contribution in [0.1, 0.15) is 0 Å². The summed E-state index contributed by atoms with van der Waals surface area (Å²) in [5, 5.41) is 7.04. The molecule has 4 aromatic heterocycles. The Morgan fingerprint density at radius 3 is 1.85 bits per heavy atom. The predicted octanol–water partition coefficient (Wildman–Crippen LogP) is 9.18. The molecule has 9 rings (SSSR count). The van der Waals surface area contributed by atoms with Gasteiger partial charge >= 0.3 is 0 Å². The van der Waals surface area contributed by atoms with Gasteiger partial charge in [0.25, 0.3) is 0 Å². The van der Waals surface area contributed by atoms with Crippen molar-refractivity contribution in [2.24, 2.45) is 0 Å². The van der Waals surface area contributed by atoms with Crippen LogP contribution in [0.5, 0.6) is 0 Å². The molecule has 4 heteroatoms. The number of nitrogens with zero attached hydrogens (tertiary/aromatic N) is 3. The predicted molar refractivity (Wildman–Crippen MR) is 160 cm³/mol. The van der Waals surface area contributed by atoms with Crippen molar-refractivity contribution in [2.45, 2.75) is 0 Å². The highest BCUT2D eigenvalue weighted by Crippen LogP contribution is 2.39. The molecule has 0 atom stereocenters. The summed E-state index contributed by atoms with van der Waals surface area (Å²) in [6, 6.07) is 40.8. The summed E-state index contributed by atoms with van der Waals surface area (Å²) >= 11 is 0. The van der Waals surface area contributed by atoms with Crippen molar-refractivity contribution in [1.82, 2.24) is 14.1 Å². The molecule has 182 valence electrons. The molecule has 0 bridgehead atoms. The third-order valence-electron chi connectivity index (χ3n) is 8.01. The maximum absolute atomic E-state index is 6.61. The lowest BCUT2D eigenvalue weighted by Crippen LogP contribution is -1.94. The Morgan fingerprint density at radius 1 is 0.487 bits per heavy atom. The van der Waals surface area contributed by atoms with E-state index in [0.29, 0.717) is 0 Å². The molecular weight excluding hydrogens is 478 g/mol. The first-order valence-corrected chi connectivity index (χ1v) is 13.1. The van der Waals surface area contributed by atoms with E-state index in [1.807, 2.05) is 12.4 Å². The molecule has 0 aliphatic carbocycles. The molecule has 5 aromatic carbocycles. The van der Waals surface area contributed by atoms with E-state index >= 15 is 0 Å². The van der Waals surface area contributed by atoms with Gasteiger partial charge < -0.3 is 13.6 Å². The number of para-hydroxylation sites is 4. The molecule has 0 N–H and O–H groups in total. The third-order valence-corrected chi connectivity index (χ3v) is 8.01. The smallest absolute Gasteiger partial charge is 0.159 e. The number of furan rings is 1. The standard InChI is InChI=1S/C35H21N3O/c1-4-12-29-23(8-1)24-9-2-5-13-30(24)37(29)22-16-17-34-27(20-22)26-11-7-15-33(35(26)39-34)38-31-14-6-3-10-25(31)28-21-36-19-18-32(28)38/h1-21H. The zero-order valence-electron chi connectivity index (χ0n) is 20.9. The van der Waals surface area contributed by atoms with Gasteiger partial charge in [-0.1, -0.05) is 66.7 Å². The van der Waals surface area contributed by atoms with Crippen LogP contribution in [-0.4, -0.2) is 14.1 Å². The van der Waals surface area contributed by atoms with Crippen LogP contribution in [0.4, 0.5) is 0 Å². The zero-order valence-corrected chi connectivity index (χ0v) is 20.9. The van der Waals surface area contributed by atoms with E-state index in [1.165, 1.54) is 27.2 Å². The van der Waals surface area contributed by atoms with Crippen molar-refractivity contribution >= 4 is 65.6 Å². The van der Waals surface area contributed by atoms with Gasteiger partial charge in [-0.3, -0.25) is 4.98 Å². The van der Waals surface area contributed by atoms with Crippen LogP contribution >= 0.6 is 0 Å². The minimum atomic E-state index is 0.879. The van der Waals surface area contributed by atoms with Crippen molar-refractivity contribution in [3.63, 3.8) is 0 Å². The van der Waals surface area contributed by atoms with Crippen LogP contribution in [0.25, 0.3) is 76.9 Å². The molecule has 0 fully saturated rings. The largest absolute Gasteiger partial charge is 0.454 e. The molecule has 0 radical (unpaired) electrons. The van der Waals surface area contributed by atoms with E-state index in [2.05, 4.69) is 129 Å². The summed E-state index contributed by atoms with van der Waals surface area (Å²) < 4.78 is 11.3. The molecule has 39 heavy (non-hydrogen) atoms. The lowest BCUT2D eigenvalue weighted by atomic mass is 10.1. The number of aromatic nitrogens is 3. The van der Waals surface area contributed by atoms with E-state index in [1.54, 1.807) is 0 Å². The second-order valence-electron chi connectivity index (χ2n) is 10.1. The molecule has 4 heterocycles. The number of benzene rings is 5. The minimum absolute atomic E-state index is 0.879. The van der Waals surface area contributed by atoms with Crippen molar-refractivity contribution in [1.29, 1.82) is 0 Å². The summed E-state index contributed by atoms with van der Waals surface area (Å²) in [5.41, 5.74) is 8.56. The van der Waals surface area contributed by atoms with Crippen LogP contribution in [-0.2, 0) is 0 Å². The summed E-state index contributed by atoms with van der Waals surface area (Å²) in [7, 11) is 0. The van der Waals surface area contributed by atoms with Gasteiger partial charge in [-0.25, -0.2) is 0 Å². The Balaban J connectivity index is 1.34. The van der Waals surface area contributed by atoms with Crippen LogP contribution in [0.3, 0.4) is 0 Å². The van der Waals surface area contributed by atoms with Crippen LogP contribution in [0.15, 0.2) is 132 Å². The van der Waals surface area contributed by atoms with Crippen molar-refractivity contribution in [3.8, 4) is 11.4 Å². The van der Waals surface area contributed by atoms with Gasteiger partial charge in [-0.2, -0.15) is 0 Å². The van der Waals surface area contributed by atoms with Crippen LogP contribution in [0, 0.1) is 0 Å². The minimum Gasteiger partial charge on any atom is -0.454 e. The lowest BCUT2D eigenvalue weighted by molar-refractivity contribution is 0.666. The summed E-state index contributed by atoms with van der Waals surface area (Å²) in [4.78, 5) is 4.41. The number of fused-ring (bicyclic) bond motifs is 9. The van der Waals surface area contributed by atoms with Gasteiger partial charge in [0.05, 0.1) is 27.8 Å². The van der Waals surface area contributed by atoms with Crippen molar-refractivity contribution in [3.05, 3.63) is 128 Å². The van der Waals surface area contributed by atoms with Crippen molar-refractivity contribution < 1.29 is 4.42 Å². The Morgan fingerprint density at radius 2 is 1.10 bits per heavy atom. The van der Waals surface area contributed by atoms with E-state index < -0.39 is 0 Å². The fourth-order valence-electron chi connectivity index (χ4n) is 6.36. The van der Waals surface area contributed by atoms with Gasteiger partial charge in [0.1, 0.15) is 5.58 Å². The average Bonchev–Trinajstić information content (AvgIpc) is 3.65. The number of hydrogen-bond acceptors (Lipinski definition) is 2. The van der Waals surface area contributed by atoms with Crippen LogP contribution < -0.4 is 0 Å². The van der Waals surface area contributed by atoms with E-state index in [9.17, 15) is 0 Å². The van der Waals surface area contributed by atoms with Crippen LogP contribution in [0.2, 0.25) is 0 Å². The first-order valence-electron chi connectivity index (χ1n) is 13.1. The number of pyridine rings is 1. The summed E-state index contributed by atoms with van der Waals surface area (Å²) in [5.74, 6) is 0. The molecule has 0 aliphatic heterocycles. The van der Waals surface area contributed by atoms with Gasteiger partial charge in [0, 0.05) is 50.4 Å². The molecule has 0 spiro atoms. The highest BCUT2D eigenvalue weighted by atomic mass is 16.3. The van der Waals surface area contributed by atoms with Gasteiger partial charge in [0.15, 0.2) is 5.58 Å². The van der Waals surface area contributed by atoms with Crippen molar-refractivity contribution in [2.75, 3.05) is 0 Å². The maximum atomic E-state index is 6.61. The highest BCUT2D eigenvalue weighted by molar-refractivity contribution is 6.13. The molecular formula is C35H21N3O.